The van der Waals surface area contributed by atoms with Crippen LogP contribution in [0.25, 0.3) is 0 Å². The Morgan fingerprint density at radius 1 is 1.24 bits per heavy atom. The summed E-state index contributed by atoms with van der Waals surface area (Å²) < 4.78 is 4.67. The third kappa shape index (κ3) is 7.04. The fourth-order valence-electron chi connectivity index (χ4n) is 1.40. The van der Waals surface area contributed by atoms with E-state index in [1.807, 2.05) is 35.8 Å². The third-order valence-corrected chi connectivity index (χ3v) is 2.34. The first kappa shape index (κ1) is 16.6. The molecule has 0 heterocycles. The minimum absolute atomic E-state index is 0.284. The van der Waals surface area contributed by atoms with Gasteiger partial charge in [0.2, 0.25) is 0 Å². The molecule has 21 heavy (non-hydrogen) atoms. The molecule has 0 saturated carbocycles. The molecular formula is C13H16N2O6. The molecule has 114 valence electrons. The van der Waals surface area contributed by atoms with E-state index in [-0.39, 0.29) is 6.42 Å². The van der Waals surface area contributed by atoms with Crippen molar-refractivity contribution in [2.24, 2.45) is 5.73 Å². The average molecular weight is 296 g/mol. The molecule has 0 fully saturated rings. The molecule has 1 aromatic carbocycles. The summed E-state index contributed by atoms with van der Waals surface area (Å²) in [5, 5.41) is 8.30. The lowest BCUT2D eigenvalue weighted by Crippen LogP contribution is -2.36. The van der Waals surface area contributed by atoms with Gasteiger partial charge in [-0.15, -0.1) is 5.48 Å². The van der Waals surface area contributed by atoms with Crippen LogP contribution in [0.1, 0.15) is 5.56 Å². The van der Waals surface area contributed by atoms with Crippen molar-refractivity contribution in [2.45, 2.75) is 12.5 Å². The highest BCUT2D eigenvalue weighted by atomic mass is 16.7. The van der Waals surface area contributed by atoms with Gasteiger partial charge < -0.3 is 20.4 Å². The second-order valence-corrected chi connectivity index (χ2v) is 4.09. The molecule has 1 atom stereocenters. The number of aliphatic carboxylic acids is 1. The highest BCUT2D eigenvalue weighted by molar-refractivity contribution is 5.79. The number of carbonyl (C=O) groups is 3. The molecule has 8 nitrogen and oxygen atoms in total. The Morgan fingerprint density at radius 2 is 1.90 bits per heavy atom. The number of esters is 1. The highest BCUT2D eigenvalue weighted by Crippen LogP contribution is 2.02. The van der Waals surface area contributed by atoms with Crippen LogP contribution in [0.3, 0.4) is 0 Å². The van der Waals surface area contributed by atoms with Gasteiger partial charge in [0.15, 0.2) is 6.61 Å². The van der Waals surface area contributed by atoms with Crippen LogP contribution in [0, 0.1) is 0 Å². The second-order valence-electron chi connectivity index (χ2n) is 4.09. The van der Waals surface area contributed by atoms with Gasteiger partial charge in [-0.05, 0) is 12.0 Å². The van der Waals surface area contributed by atoms with Gasteiger partial charge in [-0.25, -0.2) is 4.79 Å². The number of hydrogen-bond acceptors (Lipinski definition) is 7. The summed E-state index contributed by atoms with van der Waals surface area (Å²) in [5.74, 6) is -2.85. The van der Waals surface area contributed by atoms with Crippen LogP contribution in [0.5, 0.6) is 0 Å². The lowest BCUT2D eigenvalue weighted by Gasteiger charge is -2.11. The van der Waals surface area contributed by atoms with E-state index >= 15 is 0 Å². The van der Waals surface area contributed by atoms with Gasteiger partial charge in [0.25, 0.3) is 0 Å². The molecule has 0 radical (unpaired) electrons. The fraction of sp³-hybridized carbons (Fsp3) is 0.308. The zero-order chi connectivity index (χ0) is 15.7. The predicted octanol–water partition coefficient (Wildman–Crippen LogP) is -0.768. The standard InChI is InChI=1S/C13H16N2O6/c14-10(6-9-4-2-1-3-5-9)13(19)20-8-12(18)21-15-7-11(16)17/h1-5,10,15H,6-8,14H2,(H,16,17)/t10-/m0/s1. The van der Waals surface area contributed by atoms with E-state index in [0.717, 1.165) is 5.56 Å². The minimum atomic E-state index is -1.19. The van der Waals surface area contributed by atoms with Gasteiger partial charge in [0.05, 0.1) is 0 Å². The quantitative estimate of drug-likeness (QED) is 0.421. The summed E-state index contributed by atoms with van der Waals surface area (Å²) in [6.07, 6.45) is 0.284. The fourth-order valence-corrected chi connectivity index (χ4v) is 1.40. The largest absolute Gasteiger partial charge is 0.480 e. The molecule has 0 aliphatic carbocycles. The first-order chi connectivity index (χ1) is 9.99. The van der Waals surface area contributed by atoms with Crippen LogP contribution >= 0.6 is 0 Å². The van der Waals surface area contributed by atoms with Gasteiger partial charge >= 0.3 is 17.9 Å². The van der Waals surface area contributed by atoms with E-state index in [9.17, 15) is 14.4 Å². The predicted molar refractivity (Wildman–Crippen MR) is 70.8 cm³/mol. The zero-order valence-electron chi connectivity index (χ0n) is 11.2. The van der Waals surface area contributed by atoms with Gasteiger partial charge in [0, 0.05) is 0 Å². The number of nitrogens with two attached hydrogens (primary N) is 1. The number of benzene rings is 1. The molecule has 0 unspecified atom stereocenters. The number of rotatable bonds is 8. The second kappa shape index (κ2) is 8.67. The van der Waals surface area contributed by atoms with Crippen molar-refractivity contribution >= 4 is 17.9 Å². The summed E-state index contributed by atoms with van der Waals surface area (Å²) in [6.45, 7) is -1.19. The maximum Gasteiger partial charge on any atom is 0.362 e. The maximum atomic E-state index is 11.6. The van der Waals surface area contributed by atoms with E-state index < -0.39 is 37.1 Å². The zero-order valence-corrected chi connectivity index (χ0v) is 11.2. The van der Waals surface area contributed by atoms with Crippen molar-refractivity contribution in [1.29, 1.82) is 0 Å². The van der Waals surface area contributed by atoms with Crippen molar-refractivity contribution in [2.75, 3.05) is 13.2 Å². The summed E-state index contributed by atoms with van der Waals surface area (Å²) in [4.78, 5) is 37.1. The van der Waals surface area contributed by atoms with Crippen LogP contribution in [0.2, 0.25) is 0 Å². The van der Waals surface area contributed by atoms with Crippen LogP contribution in [0.4, 0.5) is 0 Å². The summed E-state index contributed by atoms with van der Waals surface area (Å²) >= 11 is 0. The lowest BCUT2D eigenvalue weighted by molar-refractivity contribution is -0.165. The maximum absolute atomic E-state index is 11.6. The molecule has 0 saturated heterocycles. The number of carboxylic acids is 1. The van der Waals surface area contributed by atoms with Gasteiger partial charge in [-0.3, -0.25) is 9.59 Å². The van der Waals surface area contributed by atoms with Crippen LogP contribution in [-0.2, 0) is 30.4 Å². The molecular weight excluding hydrogens is 280 g/mol. The monoisotopic (exact) mass is 296 g/mol. The first-order valence-electron chi connectivity index (χ1n) is 6.09. The normalized spacial score (nSPS) is 11.5. The van der Waals surface area contributed by atoms with Crippen molar-refractivity contribution in [3.05, 3.63) is 35.9 Å². The molecule has 0 bridgehead atoms. The highest BCUT2D eigenvalue weighted by Gasteiger charge is 2.17. The molecule has 0 aliphatic rings. The van der Waals surface area contributed by atoms with Gasteiger partial charge in [-0.2, -0.15) is 0 Å². The number of nitrogens with one attached hydrogen (secondary N) is 1. The first-order valence-corrected chi connectivity index (χ1v) is 6.09. The van der Waals surface area contributed by atoms with Crippen molar-refractivity contribution < 1.29 is 29.1 Å². The van der Waals surface area contributed by atoms with Crippen molar-refractivity contribution in [3.63, 3.8) is 0 Å². The molecule has 8 heteroatoms. The Balaban J connectivity index is 2.26. The number of hydrogen-bond donors (Lipinski definition) is 3. The summed E-state index contributed by atoms with van der Waals surface area (Å²) in [5.41, 5.74) is 8.43. The van der Waals surface area contributed by atoms with Crippen LogP contribution in [-0.4, -0.2) is 42.2 Å². The van der Waals surface area contributed by atoms with E-state index in [4.69, 9.17) is 10.8 Å². The van der Waals surface area contributed by atoms with Crippen molar-refractivity contribution in [1.82, 2.24) is 5.48 Å². The Hall–Kier alpha value is -2.45. The molecule has 1 rings (SSSR count). The van der Waals surface area contributed by atoms with Gasteiger partial charge in [-0.1, -0.05) is 30.3 Å². The molecule has 0 aromatic heterocycles. The van der Waals surface area contributed by atoms with E-state index in [1.165, 1.54) is 0 Å². The van der Waals surface area contributed by atoms with Crippen LogP contribution in [0.15, 0.2) is 30.3 Å². The number of carboxylic acid groups (broad SMARTS) is 1. The molecule has 0 aliphatic heterocycles. The van der Waals surface area contributed by atoms with Gasteiger partial charge in [0.1, 0.15) is 12.6 Å². The van der Waals surface area contributed by atoms with E-state index in [1.54, 1.807) is 0 Å². The third-order valence-electron chi connectivity index (χ3n) is 2.34. The molecule has 4 N–H and O–H groups in total. The molecule has 0 amide bonds. The molecule has 0 spiro atoms. The number of hydroxylamine groups is 1. The lowest BCUT2D eigenvalue weighted by atomic mass is 10.1. The van der Waals surface area contributed by atoms with Crippen LogP contribution < -0.4 is 11.2 Å². The Bertz CT molecular complexity index is 491. The van der Waals surface area contributed by atoms with Crippen molar-refractivity contribution in [3.8, 4) is 0 Å². The smallest absolute Gasteiger partial charge is 0.362 e. The van der Waals surface area contributed by atoms with E-state index in [2.05, 4.69) is 9.57 Å². The summed E-state index contributed by atoms with van der Waals surface area (Å²) in [6, 6.07) is 8.21. The Kier molecular flexibility index (Phi) is 6.85. The number of carbonyl (C=O) groups excluding carboxylic acids is 2. The van der Waals surface area contributed by atoms with E-state index in [0.29, 0.717) is 0 Å². The SMILES string of the molecule is N[C@@H](Cc1ccccc1)C(=O)OCC(=O)ONCC(=O)O. The number of ether oxygens (including phenoxy) is 1. The Labute approximate surface area is 120 Å². The molecule has 1 aromatic rings. The minimum Gasteiger partial charge on any atom is -0.480 e. The average Bonchev–Trinajstić information content (AvgIpc) is 2.45. The topological polar surface area (TPSA) is 128 Å². The Morgan fingerprint density at radius 3 is 2.52 bits per heavy atom. The summed E-state index contributed by atoms with van der Waals surface area (Å²) in [7, 11) is 0.